The molecule has 200 valence electrons. The molecule has 0 amide bonds. The number of carbonyl (C=O) groups is 1. The summed E-state index contributed by atoms with van der Waals surface area (Å²) in [6.07, 6.45) is 5.26. The minimum absolute atomic E-state index is 0.0151. The van der Waals surface area contributed by atoms with Gasteiger partial charge in [0.1, 0.15) is 36.6 Å². The van der Waals surface area contributed by atoms with E-state index < -0.39 is 6.10 Å². The molecule has 1 aliphatic rings. The molecule has 2 aromatic carbocycles. The molecule has 2 unspecified atom stereocenters. The smallest absolute Gasteiger partial charge is 0.290 e. The van der Waals surface area contributed by atoms with E-state index in [1.165, 1.54) is 17.2 Å². The van der Waals surface area contributed by atoms with Crippen LogP contribution in [-0.4, -0.2) is 41.1 Å². The van der Waals surface area contributed by atoms with Crippen molar-refractivity contribution in [3.05, 3.63) is 88.5 Å². The van der Waals surface area contributed by atoms with Crippen molar-refractivity contribution in [3.8, 4) is 16.9 Å². The average molecular weight is 513 g/mol. The Hall–Kier alpha value is -3.42. The summed E-state index contributed by atoms with van der Waals surface area (Å²) >= 11 is 0. The number of aliphatic hydroxyl groups excluding tert-OH is 2. The molecular weight excluding hydrogens is 475 g/mol. The summed E-state index contributed by atoms with van der Waals surface area (Å²) in [6.45, 7) is 11.7. The lowest BCUT2D eigenvalue weighted by Gasteiger charge is -2.16. The predicted octanol–water partition coefficient (Wildman–Crippen LogP) is 5.88. The van der Waals surface area contributed by atoms with E-state index in [9.17, 15) is 9.50 Å². The van der Waals surface area contributed by atoms with Crippen LogP contribution in [0.3, 0.4) is 0 Å². The van der Waals surface area contributed by atoms with Crippen molar-refractivity contribution < 1.29 is 34.0 Å². The van der Waals surface area contributed by atoms with Crippen LogP contribution in [0.1, 0.15) is 43.4 Å². The number of hydrogen-bond acceptors (Lipinski definition) is 5. The van der Waals surface area contributed by atoms with Gasteiger partial charge in [-0.15, -0.1) is 0 Å². The number of aryl methyl sites for hydroxylation is 2. The Morgan fingerprint density at radius 1 is 1.19 bits per heavy atom. The standard InChI is InChI=1S/C29H35FO4.CH2O2/c1-6-22-9-18(2)10-24(22)13-21(5)33-16-25-14-23(7-8-28(25)30)29-19(3)11-27(12-20(29)4)34-17-26(32)15-31;2-1-3/h6-8,11-14,18,26,31-32H,5,9-10,15-17H2,1-4H3;1H,(H,2,3)/b22-6-,24-13-;. The highest BCUT2D eigenvalue weighted by atomic mass is 19.1. The van der Waals surface area contributed by atoms with Crippen LogP contribution in [0.5, 0.6) is 5.75 Å². The zero-order valence-electron chi connectivity index (χ0n) is 22.0. The Bertz CT molecular complexity index is 1130. The summed E-state index contributed by atoms with van der Waals surface area (Å²) in [5.74, 6) is 1.44. The Labute approximate surface area is 218 Å². The molecule has 7 heteroatoms. The SMILES string of the molecule is C=C(/C=C1/CC(C)C/C1=C/C)OCc1cc(-c2c(C)cc(OCC(O)CO)cc2C)ccc1F.O=CO. The third kappa shape index (κ3) is 8.58. The van der Waals surface area contributed by atoms with E-state index >= 15 is 0 Å². The quantitative estimate of drug-likeness (QED) is 0.287. The third-order valence-corrected chi connectivity index (χ3v) is 6.14. The summed E-state index contributed by atoms with van der Waals surface area (Å²) in [6, 6.07) is 8.80. The molecule has 0 heterocycles. The molecule has 1 fully saturated rings. The number of hydrogen-bond donors (Lipinski definition) is 3. The van der Waals surface area contributed by atoms with Crippen molar-refractivity contribution in [1.29, 1.82) is 0 Å². The van der Waals surface area contributed by atoms with E-state index in [1.807, 2.05) is 45.0 Å². The molecule has 0 spiro atoms. The predicted molar refractivity (Wildman–Crippen MR) is 143 cm³/mol. The van der Waals surface area contributed by atoms with Gasteiger partial charge in [0.2, 0.25) is 0 Å². The molecule has 3 N–H and O–H groups in total. The Morgan fingerprint density at radius 3 is 2.41 bits per heavy atom. The number of benzene rings is 2. The highest BCUT2D eigenvalue weighted by Crippen LogP contribution is 2.36. The Morgan fingerprint density at radius 2 is 1.81 bits per heavy atom. The van der Waals surface area contributed by atoms with Crippen molar-refractivity contribution in [2.75, 3.05) is 13.2 Å². The maximum atomic E-state index is 14.6. The highest BCUT2D eigenvalue weighted by Gasteiger charge is 2.20. The van der Waals surface area contributed by atoms with Crippen LogP contribution in [0, 0.1) is 25.6 Å². The number of rotatable bonds is 9. The van der Waals surface area contributed by atoms with Crippen LogP contribution < -0.4 is 4.74 Å². The van der Waals surface area contributed by atoms with Gasteiger partial charge in [0.25, 0.3) is 6.47 Å². The second-order valence-electron chi connectivity index (χ2n) is 9.24. The Kier molecular flexibility index (Phi) is 11.6. The van der Waals surface area contributed by atoms with Gasteiger partial charge in [-0.2, -0.15) is 0 Å². The average Bonchev–Trinajstić information content (AvgIpc) is 3.21. The van der Waals surface area contributed by atoms with Crippen molar-refractivity contribution in [2.45, 2.75) is 53.2 Å². The third-order valence-electron chi connectivity index (χ3n) is 6.14. The first-order valence-corrected chi connectivity index (χ1v) is 12.2. The van der Waals surface area contributed by atoms with E-state index in [2.05, 4.69) is 19.6 Å². The minimum atomic E-state index is -0.924. The number of carboxylic acid groups (broad SMARTS) is 1. The molecule has 0 saturated heterocycles. The molecule has 2 aromatic rings. The molecular formula is C30H37FO6. The fourth-order valence-corrected chi connectivity index (χ4v) is 4.49. The summed E-state index contributed by atoms with van der Waals surface area (Å²) in [4.78, 5) is 8.36. The molecule has 37 heavy (non-hydrogen) atoms. The fraction of sp³-hybridized carbons (Fsp3) is 0.367. The largest absolute Gasteiger partial charge is 0.491 e. The van der Waals surface area contributed by atoms with Crippen LogP contribution in [0.2, 0.25) is 0 Å². The topological polar surface area (TPSA) is 96.2 Å². The fourth-order valence-electron chi connectivity index (χ4n) is 4.49. The van der Waals surface area contributed by atoms with Gasteiger partial charge in [0.05, 0.1) is 6.61 Å². The molecule has 0 radical (unpaired) electrons. The van der Waals surface area contributed by atoms with Gasteiger partial charge in [0.15, 0.2) is 0 Å². The van der Waals surface area contributed by atoms with Crippen molar-refractivity contribution in [2.24, 2.45) is 5.92 Å². The van der Waals surface area contributed by atoms with Crippen molar-refractivity contribution >= 4 is 6.47 Å². The molecule has 0 bridgehead atoms. The number of aliphatic hydroxyl groups is 2. The van der Waals surface area contributed by atoms with Crippen LogP contribution in [0.4, 0.5) is 4.39 Å². The van der Waals surface area contributed by atoms with E-state index in [4.69, 9.17) is 24.5 Å². The van der Waals surface area contributed by atoms with Gasteiger partial charge < -0.3 is 24.8 Å². The molecule has 6 nitrogen and oxygen atoms in total. The van der Waals surface area contributed by atoms with E-state index in [0.717, 1.165) is 35.1 Å². The molecule has 0 aliphatic heterocycles. The van der Waals surface area contributed by atoms with Crippen LogP contribution in [0.15, 0.2) is 66.0 Å². The Balaban J connectivity index is 0.00000153. The summed E-state index contributed by atoms with van der Waals surface area (Å²) in [7, 11) is 0. The normalized spacial score (nSPS) is 17.8. The lowest BCUT2D eigenvalue weighted by Crippen LogP contribution is -2.21. The van der Waals surface area contributed by atoms with Crippen molar-refractivity contribution in [1.82, 2.24) is 0 Å². The molecule has 1 saturated carbocycles. The minimum Gasteiger partial charge on any atom is -0.491 e. The van der Waals surface area contributed by atoms with Gasteiger partial charge in [-0.25, -0.2) is 4.39 Å². The van der Waals surface area contributed by atoms with Gasteiger partial charge in [-0.1, -0.05) is 25.6 Å². The van der Waals surface area contributed by atoms with Gasteiger partial charge >= 0.3 is 0 Å². The van der Waals surface area contributed by atoms with Crippen molar-refractivity contribution in [3.63, 3.8) is 0 Å². The second-order valence-corrected chi connectivity index (χ2v) is 9.24. The summed E-state index contributed by atoms with van der Waals surface area (Å²) in [5.41, 5.74) is 6.86. The monoisotopic (exact) mass is 512 g/mol. The number of halogens is 1. The summed E-state index contributed by atoms with van der Waals surface area (Å²) < 4.78 is 26.0. The van der Waals surface area contributed by atoms with Gasteiger partial charge in [-0.05, 0) is 103 Å². The molecule has 2 atom stereocenters. The number of ether oxygens (including phenoxy) is 2. The van der Waals surface area contributed by atoms with E-state index in [-0.39, 0.29) is 32.1 Å². The van der Waals surface area contributed by atoms with Crippen LogP contribution >= 0.6 is 0 Å². The maximum absolute atomic E-state index is 14.6. The van der Waals surface area contributed by atoms with E-state index in [0.29, 0.717) is 23.0 Å². The number of allylic oxidation sites excluding steroid dienone is 4. The lowest BCUT2D eigenvalue weighted by atomic mass is 9.94. The second kappa shape index (κ2) is 14.4. The van der Waals surface area contributed by atoms with Crippen LogP contribution in [0.25, 0.3) is 11.1 Å². The molecule has 0 aromatic heterocycles. The van der Waals surface area contributed by atoms with Gasteiger partial charge in [-0.3, -0.25) is 4.79 Å². The first-order chi connectivity index (χ1) is 17.6. The summed E-state index contributed by atoms with van der Waals surface area (Å²) in [5, 5.41) is 25.4. The zero-order valence-corrected chi connectivity index (χ0v) is 22.0. The first kappa shape index (κ1) is 29.8. The van der Waals surface area contributed by atoms with Gasteiger partial charge in [0, 0.05) is 5.56 Å². The molecule has 3 rings (SSSR count). The van der Waals surface area contributed by atoms with E-state index in [1.54, 1.807) is 6.07 Å². The lowest BCUT2D eigenvalue weighted by molar-refractivity contribution is -0.122. The zero-order chi connectivity index (χ0) is 27.5. The first-order valence-electron chi connectivity index (χ1n) is 12.2. The maximum Gasteiger partial charge on any atom is 0.290 e. The highest BCUT2D eigenvalue weighted by molar-refractivity contribution is 5.72. The molecule has 1 aliphatic carbocycles. The van der Waals surface area contributed by atoms with Crippen LogP contribution in [-0.2, 0) is 16.1 Å².